The molecule has 34 heavy (non-hydrogen) atoms. The Morgan fingerprint density at radius 3 is 2.53 bits per heavy atom. The summed E-state index contributed by atoms with van der Waals surface area (Å²) >= 11 is 0. The van der Waals surface area contributed by atoms with Crippen molar-refractivity contribution in [2.45, 2.75) is 13.8 Å². The summed E-state index contributed by atoms with van der Waals surface area (Å²) in [7, 11) is 3.63. The number of nitrogens with one attached hydrogen (secondary N) is 1. The van der Waals surface area contributed by atoms with Crippen LogP contribution in [0.3, 0.4) is 0 Å². The summed E-state index contributed by atoms with van der Waals surface area (Å²) in [6.45, 7) is 4.18. The van der Waals surface area contributed by atoms with Crippen LogP contribution in [0.5, 0.6) is 0 Å². The van der Waals surface area contributed by atoms with Crippen molar-refractivity contribution in [2.75, 3.05) is 0 Å². The summed E-state index contributed by atoms with van der Waals surface area (Å²) in [4.78, 5) is 25.8. The number of aromatic nitrogens is 7. The molecule has 0 amide bonds. The molecule has 6 aromatic rings. The number of H-pyrrole nitrogens is 1. The van der Waals surface area contributed by atoms with Gasteiger partial charge in [0.25, 0.3) is 5.56 Å². The summed E-state index contributed by atoms with van der Waals surface area (Å²) in [6, 6.07) is 12.4. The molecule has 8 nitrogen and oxygen atoms in total. The van der Waals surface area contributed by atoms with Crippen LogP contribution in [0, 0.1) is 13.8 Å². The highest BCUT2D eigenvalue weighted by molar-refractivity contribution is 5.97. The molecule has 0 aliphatic heterocycles. The number of imidazole rings is 1. The zero-order valence-corrected chi connectivity index (χ0v) is 19.4. The first-order valence-corrected chi connectivity index (χ1v) is 11.0. The molecule has 0 bridgehead atoms. The van der Waals surface area contributed by atoms with Gasteiger partial charge in [0.2, 0.25) is 0 Å². The minimum Gasteiger partial charge on any atom is -0.350 e. The first-order chi connectivity index (χ1) is 16.4. The van der Waals surface area contributed by atoms with Gasteiger partial charge in [0.1, 0.15) is 11.3 Å². The third-order valence-electron chi connectivity index (χ3n) is 6.12. The molecule has 0 saturated heterocycles. The number of fused-ring (bicyclic) bond motifs is 2. The van der Waals surface area contributed by atoms with Crippen molar-refractivity contribution in [3.8, 4) is 28.3 Å². The molecule has 5 heterocycles. The monoisotopic (exact) mass is 449 g/mol. The van der Waals surface area contributed by atoms with Gasteiger partial charge in [0.15, 0.2) is 5.65 Å². The SMILES string of the molecule is Cc1cc(C)cc(-n2c(-c3cn(C)c(=O)c4[nH]c(-c5cnn(C)c5)cc34)nc3ncccc32)c1. The summed E-state index contributed by atoms with van der Waals surface area (Å²) in [5, 5.41) is 5.08. The van der Waals surface area contributed by atoms with Gasteiger partial charge >= 0.3 is 0 Å². The Hall–Kier alpha value is -4.46. The average Bonchev–Trinajstić information content (AvgIpc) is 3.52. The minimum absolute atomic E-state index is 0.0962. The maximum absolute atomic E-state index is 13.0. The van der Waals surface area contributed by atoms with E-state index in [0.717, 1.165) is 50.4 Å². The predicted molar refractivity (Wildman–Crippen MR) is 133 cm³/mol. The topological polar surface area (TPSA) is 86.3 Å². The molecule has 0 aliphatic rings. The van der Waals surface area contributed by atoms with Crippen LogP contribution in [0.4, 0.5) is 0 Å². The zero-order valence-electron chi connectivity index (χ0n) is 19.4. The standard InChI is InChI=1S/C26H23N7O/c1-15-8-16(2)10-18(9-15)33-22-6-5-7-27-24(22)30-25(33)20-14-31(3)26(34)23-19(20)11-21(29-23)17-12-28-32(4)13-17/h5-14,29H,1-4H3. The second-order valence-electron chi connectivity index (χ2n) is 8.80. The quantitative estimate of drug-likeness (QED) is 0.437. The van der Waals surface area contributed by atoms with E-state index in [2.05, 4.69) is 51.7 Å². The molecular weight excluding hydrogens is 426 g/mol. The van der Waals surface area contributed by atoms with E-state index in [1.165, 1.54) is 0 Å². The minimum atomic E-state index is -0.0962. The molecule has 0 atom stereocenters. The molecule has 8 heteroatoms. The Kier molecular flexibility index (Phi) is 4.32. The number of aromatic amines is 1. The largest absolute Gasteiger partial charge is 0.350 e. The van der Waals surface area contributed by atoms with Gasteiger partial charge in [-0.3, -0.25) is 14.0 Å². The second-order valence-corrected chi connectivity index (χ2v) is 8.80. The highest BCUT2D eigenvalue weighted by Crippen LogP contribution is 2.34. The summed E-state index contributed by atoms with van der Waals surface area (Å²) in [6.07, 6.45) is 7.30. The molecule has 0 fully saturated rings. The van der Waals surface area contributed by atoms with Crippen molar-refractivity contribution >= 4 is 22.1 Å². The fraction of sp³-hybridized carbons (Fsp3) is 0.154. The van der Waals surface area contributed by atoms with Crippen LogP contribution in [0.2, 0.25) is 0 Å². The van der Waals surface area contributed by atoms with E-state index in [0.29, 0.717) is 11.2 Å². The van der Waals surface area contributed by atoms with Crippen LogP contribution >= 0.6 is 0 Å². The van der Waals surface area contributed by atoms with Crippen molar-refractivity contribution in [1.29, 1.82) is 0 Å². The van der Waals surface area contributed by atoms with Crippen molar-refractivity contribution in [2.24, 2.45) is 14.1 Å². The van der Waals surface area contributed by atoms with E-state index < -0.39 is 0 Å². The number of aryl methyl sites for hydroxylation is 4. The highest BCUT2D eigenvalue weighted by atomic mass is 16.1. The van der Waals surface area contributed by atoms with Gasteiger partial charge in [-0.1, -0.05) is 6.07 Å². The van der Waals surface area contributed by atoms with Crippen LogP contribution in [-0.4, -0.2) is 33.9 Å². The van der Waals surface area contributed by atoms with Crippen LogP contribution in [0.15, 0.2) is 66.0 Å². The fourth-order valence-corrected chi connectivity index (χ4v) is 4.66. The lowest BCUT2D eigenvalue weighted by atomic mass is 10.1. The molecule has 0 spiro atoms. The van der Waals surface area contributed by atoms with Crippen molar-refractivity contribution in [1.82, 2.24) is 33.9 Å². The lowest BCUT2D eigenvalue weighted by molar-refractivity contribution is 0.768. The van der Waals surface area contributed by atoms with Gasteiger partial charge in [-0.05, 0) is 55.3 Å². The molecule has 0 unspecified atom stereocenters. The maximum Gasteiger partial charge on any atom is 0.274 e. The molecule has 1 aromatic carbocycles. The summed E-state index contributed by atoms with van der Waals surface area (Å²) in [5.74, 6) is 0.732. The third kappa shape index (κ3) is 3.07. The lowest BCUT2D eigenvalue weighted by Gasteiger charge is -2.13. The molecular formula is C26H23N7O. The molecule has 168 valence electrons. The fourth-order valence-electron chi connectivity index (χ4n) is 4.66. The maximum atomic E-state index is 13.0. The number of rotatable bonds is 3. The molecule has 5 aromatic heterocycles. The van der Waals surface area contributed by atoms with Crippen molar-refractivity contribution < 1.29 is 0 Å². The smallest absolute Gasteiger partial charge is 0.274 e. The first-order valence-electron chi connectivity index (χ1n) is 11.0. The lowest BCUT2D eigenvalue weighted by Crippen LogP contribution is -2.17. The summed E-state index contributed by atoms with van der Waals surface area (Å²) in [5.41, 5.74) is 7.93. The van der Waals surface area contributed by atoms with Gasteiger partial charge < -0.3 is 9.55 Å². The van der Waals surface area contributed by atoms with Crippen LogP contribution in [0.1, 0.15) is 11.1 Å². The Morgan fingerprint density at radius 1 is 1.00 bits per heavy atom. The van der Waals surface area contributed by atoms with E-state index in [1.807, 2.05) is 37.6 Å². The Balaban J connectivity index is 1.70. The van der Waals surface area contributed by atoms with Gasteiger partial charge in [0.05, 0.1) is 11.7 Å². The molecule has 6 rings (SSSR count). The summed E-state index contributed by atoms with van der Waals surface area (Å²) < 4.78 is 5.46. The highest BCUT2D eigenvalue weighted by Gasteiger charge is 2.21. The third-order valence-corrected chi connectivity index (χ3v) is 6.12. The second kappa shape index (κ2) is 7.28. The number of benzene rings is 1. The normalized spacial score (nSPS) is 11.6. The van der Waals surface area contributed by atoms with Gasteiger partial charge in [-0.2, -0.15) is 5.10 Å². The van der Waals surface area contributed by atoms with E-state index in [9.17, 15) is 4.79 Å². The van der Waals surface area contributed by atoms with Crippen LogP contribution < -0.4 is 5.56 Å². The van der Waals surface area contributed by atoms with Gasteiger partial charge in [0, 0.05) is 60.6 Å². The van der Waals surface area contributed by atoms with Gasteiger partial charge in [-0.25, -0.2) is 9.97 Å². The Morgan fingerprint density at radius 2 is 1.79 bits per heavy atom. The first kappa shape index (κ1) is 20.2. The van der Waals surface area contributed by atoms with E-state index >= 15 is 0 Å². The number of hydrogen-bond acceptors (Lipinski definition) is 4. The zero-order chi connectivity index (χ0) is 23.6. The molecule has 0 aliphatic carbocycles. The van der Waals surface area contributed by atoms with Gasteiger partial charge in [-0.15, -0.1) is 0 Å². The van der Waals surface area contributed by atoms with Crippen molar-refractivity contribution in [3.05, 3.63) is 82.7 Å². The van der Waals surface area contributed by atoms with E-state index in [4.69, 9.17) is 4.98 Å². The number of hydrogen-bond donors (Lipinski definition) is 1. The van der Waals surface area contributed by atoms with E-state index in [-0.39, 0.29) is 5.56 Å². The van der Waals surface area contributed by atoms with Crippen LogP contribution in [-0.2, 0) is 14.1 Å². The average molecular weight is 450 g/mol. The molecule has 0 saturated carbocycles. The Labute approximate surface area is 195 Å². The number of nitrogens with zero attached hydrogens (tertiary/aromatic N) is 6. The van der Waals surface area contributed by atoms with E-state index in [1.54, 1.807) is 28.7 Å². The Bertz CT molecular complexity index is 1760. The molecule has 1 N–H and O–H groups in total. The van der Waals surface area contributed by atoms with Crippen LogP contribution in [0.25, 0.3) is 50.4 Å². The predicted octanol–water partition coefficient (Wildman–Crippen LogP) is 4.28. The number of pyridine rings is 2. The molecule has 0 radical (unpaired) electrons. The van der Waals surface area contributed by atoms with Crippen molar-refractivity contribution in [3.63, 3.8) is 0 Å².